The minimum absolute atomic E-state index is 0.204. The minimum Gasteiger partial charge on any atom is -0.354 e. The normalized spacial score (nSPS) is 12.4. The first-order chi connectivity index (χ1) is 15.2. The maximum Gasteiger partial charge on any atom is 0.243 e. The van der Waals surface area contributed by atoms with Crippen LogP contribution in [0.2, 0.25) is 0 Å². The van der Waals surface area contributed by atoms with Crippen molar-refractivity contribution in [2.75, 3.05) is 26.4 Å². The number of nitrogens with one attached hydrogen (secondary N) is 1. The number of likely N-dealkylation sites (N-methyl/N-ethyl adjacent to an activating group) is 1. The number of hydrogen-bond donors (Lipinski definition) is 1. The largest absolute Gasteiger partial charge is 0.354 e. The highest BCUT2D eigenvalue weighted by molar-refractivity contribution is 7.88. The Bertz CT molecular complexity index is 965. The number of sulfonamides is 1. The van der Waals surface area contributed by atoms with Crippen molar-refractivity contribution < 1.29 is 18.0 Å². The summed E-state index contributed by atoms with van der Waals surface area (Å²) in [6, 6.07) is 18.1. The molecule has 1 N–H and O–H groups in total. The van der Waals surface area contributed by atoms with E-state index in [1.807, 2.05) is 67.6 Å². The molecule has 0 spiro atoms. The van der Waals surface area contributed by atoms with Crippen LogP contribution < -0.4 is 5.32 Å². The third kappa shape index (κ3) is 8.09. The molecule has 0 aliphatic rings. The molecule has 0 aliphatic heterocycles. The average molecular weight is 460 g/mol. The molecule has 2 amide bonds. The van der Waals surface area contributed by atoms with Crippen LogP contribution in [0.3, 0.4) is 0 Å². The van der Waals surface area contributed by atoms with Gasteiger partial charge >= 0.3 is 0 Å². The topological polar surface area (TPSA) is 86.8 Å². The summed E-state index contributed by atoms with van der Waals surface area (Å²) < 4.78 is 24.8. The average Bonchev–Trinajstić information content (AvgIpc) is 2.77. The Hall–Kier alpha value is -2.71. The first-order valence-corrected chi connectivity index (χ1v) is 12.6. The maximum absolute atomic E-state index is 13.3. The summed E-state index contributed by atoms with van der Waals surface area (Å²) in [4.78, 5) is 28.0. The highest BCUT2D eigenvalue weighted by Crippen LogP contribution is 2.15. The van der Waals surface area contributed by atoms with Gasteiger partial charge in [-0.1, -0.05) is 74.0 Å². The molecular formula is C24H33N3O4S. The van der Waals surface area contributed by atoms with Gasteiger partial charge in [0.2, 0.25) is 21.8 Å². The third-order valence-electron chi connectivity index (χ3n) is 5.22. The zero-order valence-corrected chi connectivity index (χ0v) is 19.8. The summed E-state index contributed by atoms with van der Waals surface area (Å²) in [6.45, 7) is 2.44. The van der Waals surface area contributed by atoms with Gasteiger partial charge in [0.1, 0.15) is 6.04 Å². The van der Waals surface area contributed by atoms with Crippen LogP contribution in [0.25, 0.3) is 0 Å². The molecule has 8 heteroatoms. The summed E-state index contributed by atoms with van der Waals surface area (Å²) in [6.07, 6.45) is 3.17. The van der Waals surface area contributed by atoms with E-state index in [9.17, 15) is 18.0 Å². The van der Waals surface area contributed by atoms with Crippen molar-refractivity contribution in [3.05, 3.63) is 71.8 Å². The van der Waals surface area contributed by atoms with Crippen molar-refractivity contribution in [2.45, 2.75) is 38.8 Å². The van der Waals surface area contributed by atoms with E-state index < -0.39 is 22.0 Å². The van der Waals surface area contributed by atoms with Crippen molar-refractivity contribution in [3.8, 4) is 0 Å². The first-order valence-electron chi connectivity index (χ1n) is 10.8. The predicted octanol–water partition coefficient (Wildman–Crippen LogP) is 2.43. The molecule has 2 aromatic carbocycles. The smallest absolute Gasteiger partial charge is 0.243 e. The fourth-order valence-corrected chi connectivity index (χ4v) is 3.58. The fraction of sp³-hybridized carbons (Fsp3) is 0.417. The second-order valence-electron chi connectivity index (χ2n) is 7.88. The van der Waals surface area contributed by atoms with Gasteiger partial charge in [0.15, 0.2) is 0 Å². The van der Waals surface area contributed by atoms with Gasteiger partial charge in [0, 0.05) is 26.6 Å². The monoisotopic (exact) mass is 459 g/mol. The van der Waals surface area contributed by atoms with Crippen LogP contribution in [-0.4, -0.2) is 61.9 Å². The molecule has 2 aromatic rings. The summed E-state index contributed by atoms with van der Waals surface area (Å²) in [5.74, 6) is -0.665. The zero-order valence-electron chi connectivity index (χ0n) is 19.0. The van der Waals surface area contributed by atoms with Gasteiger partial charge in [-0.2, -0.15) is 4.31 Å². The van der Waals surface area contributed by atoms with E-state index in [1.54, 1.807) is 0 Å². The van der Waals surface area contributed by atoms with Crippen LogP contribution in [-0.2, 0) is 32.6 Å². The number of carbonyl (C=O) groups is 2. The Morgan fingerprint density at radius 1 is 0.969 bits per heavy atom. The Balaban J connectivity index is 2.38. The van der Waals surface area contributed by atoms with Crippen LogP contribution in [0.5, 0.6) is 0 Å². The molecule has 0 aromatic heterocycles. The molecule has 1 atom stereocenters. The lowest BCUT2D eigenvalue weighted by atomic mass is 10.0. The van der Waals surface area contributed by atoms with Gasteiger partial charge in [-0.25, -0.2) is 8.42 Å². The highest BCUT2D eigenvalue weighted by atomic mass is 32.2. The summed E-state index contributed by atoms with van der Waals surface area (Å²) in [5, 5.41) is 2.94. The quantitative estimate of drug-likeness (QED) is 0.494. The number of nitrogens with zero attached hydrogens (tertiary/aromatic N) is 2. The summed E-state index contributed by atoms with van der Waals surface area (Å²) >= 11 is 0. The van der Waals surface area contributed by atoms with Crippen molar-refractivity contribution in [1.82, 2.24) is 14.5 Å². The molecule has 0 radical (unpaired) electrons. The molecule has 174 valence electrons. The Kier molecular flexibility index (Phi) is 9.87. The molecule has 0 unspecified atom stereocenters. The second-order valence-corrected chi connectivity index (χ2v) is 9.97. The van der Waals surface area contributed by atoms with Crippen LogP contribution in [0.15, 0.2) is 60.7 Å². The molecule has 0 fully saturated rings. The minimum atomic E-state index is -3.54. The lowest BCUT2D eigenvalue weighted by Crippen LogP contribution is -2.53. The number of hydrogen-bond acceptors (Lipinski definition) is 4. The Morgan fingerprint density at radius 3 is 2.06 bits per heavy atom. The van der Waals surface area contributed by atoms with Gasteiger partial charge in [-0.05, 0) is 17.5 Å². The third-order valence-corrected chi connectivity index (χ3v) is 6.48. The molecule has 0 heterocycles. The lowest BCUT2D eigenvalue weighted by molar-refractivity contribution is -0.141. The van der Waals surface area contributed by atoms with Gasteiger partial charge in [-0.3, -0.25) is 9.59 Å². The van der Waals surface area contributed by atoms with E-state index in [1.165, 1.54) is 11.9 Å². The molecular weight excluding hydrogens is 426 g/mol. The molecule has 0 aliphatic carbocycles. The van der Waals surface area contributed by atoms with Crippen molar-refractivity contribution in [3.63, 3.8) is 0 Å². The Morgan fingerprint density at radius 2 is 1.53 bits per heavy atom. The van der Waals surface area contributed by atoms with E-state index >= 15 is 0 Å². The molecule has 0 saturated heterocycles. The molecule has 7 nitrogen and oxygen atoms in total. The zero-order chi connectivity index (χ0) is 23.6. The van der Waals surface area contributed by atoms with Gasteiger partial charge in [0.25, 0.3) is 0 Å². The highest BCUT2D eigenvalue weighted by Gasteiger charge is 2.31. The number of amides is 2. The van der Waals surface area contributed by atoms with Crippen molar-refractivity contribution in [2.24, 2.45) is 0 Å². The summed E-state index contributed by atoms with van der Waals surface area (Å²) in [5.41, 5.74) is 1.78. The molecule has 0 bridgehead atoms. The van der Waals surface area contributed by atoms with Crippen molar-refractivity contribution >= 4 is 21.8 Å². The van der Waals surface area contributed by atoms with E-state index in [2.05, 4.69) is 5.32 Å². The van der Waals surface area contributed by atoms with Gasteiger partial charge in [0.05, 0.1) is 12.8 Å². The fourth-order valence-electron chi connectivity index (χ4n) is 3.24. The standard InChI is InChI=1S/C24H33N3O4S/c1-4-5-16-25-24(29)22(17-20-12-8-6-9-13-20)27(18-21-14-10-7-11-15-21)23(28)19-26(2)32(3,30)31/h6-15,22H,4-5,16-19H2,1-3H3,(H,25,29)/t22-/m0/s1. The second kappa shape index (κ2) is 12.4. The van der Waals surface area contributed by atoms with Gasteiger partial charge < -0.3 is 10.2 Å². The van der Waals surface area contributed by atoms with E-state index in [-0.39, 0.29) is 19.0 Å². The number of rotatable bonds is 12. The lowest BCUT2D eigenvalue weighted by Gasteiger charge is -2.32. The van der Waals surface area contributed by atoms with E-state index in [0.29, 0.717) is 13.0 Å². The van der Waals surface area contributed by atoms with Crippen molar-refractivity contribution in [1.29, 1.82) is 0 Å². The first kappa shape index (κ1) is 25.5. The molecule has 32 heavy (non-hydrogen) atoms. The van der Waals surface area contributed by atoms with Crippen LogP contribution in [0.4, 0.5) is 0 Å². The van der Waals surface area contributed by atoms with E-state index in [0.717, 1.165) is 34.5 Å². The molecule has 2 rings (SSSR count). The summed E-state index contributed by atoms with van der Waals surface area (Å²) in [7, 11) is -2.18. The Labute approximate surface area is 191 Å². The van der Waals surface area contributed by atoms with Crippen LogP contribution in [0, 0.1) is 0 Å². The van der Waals surface area contributed by atoms with Crippen LogP contribution >= 0.6 is 0 Å². The SMILES string of the molecule is CCCCNC(=O)[C@H](Cc1ccccc1)N(Cc1ccccc1)C(=O)CN(C)S(C)(=O)=O. The maximum atomic E-state index is 13.3. The number of carbonyl (C=O) groups excluding carboxylic acids is 2. The van der Waals surface area contributed by atoms with E-state index in [4.69, 9.17) is 0 Å². The number of unbranched alkanes of at least 4 members (excludes halogenated alkanes) is 1. The van der Waals surface area contributed by atoms with Gasteiger partial charge in [-0.15, -0.1) is 0 Å². The molecule has 0 saturated carbocycles. The number of benzene rings is 2. The van der Waals surface area contributed by atoms with Crippen LogP contribution in [0.1, 0.15) is 30.9 Å². The predicted molar refractivity (Wildman–Crippen MR) is 126 cm³/mol.